The summed E-state index contributed by atoms with van der Waals surface area (Å²) in [5.74, 6) is 0.981. The molecule has 1 N–H and O–H groups in total. The molecule has 0 atom stereocenters. The van der Waals surface area contributed by atoms with Crippen LogP contribution in [0, 0.1) is 11.3 Å². The number of piperidine rings is 1. The quantitative estimate of drug-likeness (QED) is 0.813. The van der Waals surface area contributed by atoms with Crippen molar-refractivity contribution in [2.45, 2.75) is 58.4 Å². The second kappa shape index (κ2) is 5.71. The van der Waals surface area contributed by atoms with Crippen molar-refractivity contribution >= 4 is 0 Å². The van der Waals surface area contributed by atoms with Gasteiger partial charge in [0.2, 0.25) is 0 Å². The molecule has 1 aliphatic carbocycles. The van der Waals surface area contributed by atoms with Crippen LogP contribution in [-0.2, 0) is 0 Å². The zero-order valence-electron chi connectivity index (χ0n) is 12.0. The lowest BCUT2D eigenvalue weighted by Crippen LogP contribution is -2.43. The van der Waals surface area contributed by atoms with Gasteiger partial charge in [-0.1, -0.05) is 13.8 Å². The molecule has 0 unspecified atom stereocenters. The number of rotatable bonds is 3. The maximum Gasteiger partial charge on any atom is 0.00884 e. The van der Waals surface area contributed by atoms with Gasteiger partial charge in [-0.15, -0.1) is 0 Å². The molecule has 17 heavy (non-hydrogen) atoms. The Morgan fingerprint density at radius 2 is 1.65 bits per heavy atom. The summed E-state index contributed by atoms with van der Waals surface area (Å²) in [4.78, 5) is 2.71. The molecule has 0 radical (unpaired) electrons. The van der Waals surface area contributed by atoms with E-state index < -0.39 is 0 Å². The zero-order valence-corrected chi connectivity index (χ0v) is 12.0. The van der Waals surface area contributed by atoms with Gasteiger partial charge in [-0.25, -0.2) is 0 Å². The number of nitrogens with one attached hydrogen (secondary N) is 1. The van der Waals surface area contributed by atoms with Gasteiger partial charge in [0.15, 0.2) is 0 Å². The van der Waals surface area contributed by atoms with Crippen LogP contribution >= 0.6 is 0 Å². The first-order chi connectivity index (χ1) is 8.09. The minimum Gasteiger partial charge on any atom is -0.317 e. The highest BCUT2D eigenvalue weighted by molar-refractivity contribution is 4.82. The average molecular weight is 238 g/mol. The Bertz CT molecular complexity index is 219. The van der Waals surface area contributed by atoms with E-state index in [1.54, 1.807) is 0 Å². The van der Waals surface area contributed by atoms with Gasteiger partial charge in [-0.05, 0) is 70.0 Å². The molecule has 2 heteroatoms. The second-order valence-electron chi connectivity index (χ2n) is 6.97. The summed E-state index contributed by atoms with van der Waals surface area (Å²) in [5, 5.41) is 3.41. The van der Waals surface area contributed by atoms with Crippen LogP contribution in [-0.4, -0.2) is 37.6 Å². The molecule has 0 bridgehead atoms. The number of hydrogen-bond acceptors (Lipinski definition) is 2. The molecule has 100 valence electrons. The summed E-state index contributed by atoms with van der Waals surface area (Å²) in [5.41, 5.74) is 0.621. The maximum atomic E-state index is 3.41. The molecule has 0 aromatic carbocycles. The summed E-state index contributed by atoms with van der Waals surface area (Å²) >= 11 is 0. The van der Waals surface area contributed by atoms with Crippen molar-refractivity contribution in [3.8, 4) is 0 Å². The molecule has 2 aliphatic rings. The molecule has 0 aromatic heterocycles. The second-order valence-corrected chi connectivity index (χ2v) is 6.97. The van der Waals surface area contributed by atoms with Crippen LogP contribution in [0.1, 0.15) is 52.4 Å². The predicted octanol–water partition coefficient (Wildman–Crippen LogP) is 2.89. The number of hydrogen-bond donors (Lipinski definition) is 1. The van der Waals surface area contributed by atoms with Gasteiger partial charge in [-0.3, -0.25) is 0 Å². The van der Waals surface area contributed by atoms with Gasteiger partial charge in [0.25, 0.3) is 0 Å². The fraction of sp³-hybridized carbons (Fsp3) is 1.00. The van der Waals surface area contributed by atoms with E-state index in [0.717, 1.165) is 12.0 Å². The van der Waals surface area contributed by atoms with Crippen molar-refractivity contribution in [3.63, 3.8) is 0 Å². The highest BCUT2D eigenvalue weighted by Gasteiger charge is 2.28. The van der Waals surface area contributed by atoms with Gasteiger partial charge >= 0.3 is 0 Å². The van der Waals surface area contributed by atoms with E-state index in [4.69, 9.17) is 0 Å². The summed E-state index contributed by atoms with van der Waals surface area (Å²) < 4.78 is 0. The average Bonchev–Trinajstić information content (AvgIpc) is 2.33. The lowest BCUT2D eigenvalue weighted by Gasteiger charge is -2.38. The highest BCUT2D eigenvalue weighted by Crippen LogP contribution is 2.38. The third kappa shape index (κ3) is 3.96. The Kier molecular flexibility index (Phi) is 4.48. The van der Waals surface area contributed by atoms with Crippen LogP contribution in [0.15, 0.2) is 0 Å². The minimum absolute atomic E-state index is 0.621. The van der Waals surface area contributed by atoms with Crippen LogP contribution in [0.25, 0.3) is 0 Å². The Morgan fingerprint density at radius 3 is 2.18 bits per heavy atom. The molecule has 0 spiro atoms. The van der Waals surface area contributed by atoms with Crippen molar-refractivity contribution in [2.75, 3.05) is 26.7 Å². The van der Waals surface area contributed by atoms with Crippen LogP contribution in [0.2, 0.25) is 0 Å². The summed E-state index contributed by atoms with van der Waals surface area (Å²) in [6, 6.07) is 0.775. The highest BCUT2D eigenvalue weighted by atomic mass is 15.1. The zero-order chi connectivity index (χ0) is 12.3. The lowest BCUT2D eigenvalue weighted by molar-refractivity contribution is 0.124. The monoisotopic (exact) mass is 238 g/mol. The van der Waals surface area contributed by atoms with Crippen LogP contribution in [0.3, 0.4) is 0 Å². The summed E-state index contributed by atoms with van der Waals surface area (Å²) in [7, 11) is 2.10. The van der Waals surface area contributed by atoms with E-state index in [1.807, 2.05) is 0 Å². The van der Waals surface area contributed by atoms with Gasteiger partial charge in [0.05, 0.1) is 0 Å². The van der Waals surface area contributed by atoms with E-state index in [2.05, 4.69) is 31.1 Å². The predicted molar refractivity (Wildman–Crippen MR) is 74.3 cm³/mol. The molecule has 1 aliphatic heterocycles. The van der Waals surface area contributed by atoms with Crippen molar-refractivity contribution < 1.29 is 0 Å². The smallest absolute Gasteiger partial charge is 0.00884 e. The van der Waals surface area contributed by atoms with Gasteiger partial charge < -0.3 is 10.2 Å². The molecule has 0 amide bonds. The Morgan fingerprint density at radius 1 is 1.06 bits per heavy atom. The van der Waals surface area contributed by atoms with E-state index in [9.17, 15) is 0 Å². The topological polar surface area (TPSA) is 15.3 Å². The SMILES string of the molecule is CNC1CCN(CC2CCC(C)(C)CC2)CC1. The largest absolute Gasteiger partial charge is 0.317 e. The molecule has 1 heterocycles. The molecule has 1 saturated carbocycles. The van der Waals surface area contributed by atoms with Crippen LogP contribution in [0.4, 0.5) is 0 Å². The lowest BCUT2D eigenvalue weighted by atomic mass is 9.73. The Hall–Kier alpha value is -0.0800. The van der Waals surface area contributed by atoms with E-state index in [-0.39, 0.29) is 0 Å². The van der Waals surface area contributed by atoms with E-state index >= 15 is 0 Å². The van der Waals surface area contributed by atoms with Crippen LogP contribution < -0.4 is 5.32 Å². The molecular weight excluding hydrogens is 208 g/mol. The third-order valence-electron chi connectivity index (χ3n) is 4.97. The third-order valence-corrected chi connectivity index (χ3v) is 4.97. The fourth-order valence-corrected chi connectivity index (χ4v) is 3.41. The molecule has 2 nitrogen and oxygen atoms in total. The van der Waals surface area contributed by atoms with Gasteiger partial charge in [-0.2, -0.15) is 0 Å². The summed E-state index contributed by atoms with van der Waals surface area (Å²) in [6.45, 7) is 8.85. The van der Waals surface area contributed by atoms with Gasteiger partial charge in [0, 0.05) is 12.6 Å². The maximum absolute atomic E-state index is 3.41. The van der Waals surface area contributed by atoms with E-state index in [0.29, 0.717) is 5.41 Å². The van der Waals surface area contributed by atoms with Crippen molar-refractivity contribution in [1.82, 2.24) is 10.2 Å². The molecular formula is C15H30N2. The van der Waals surface area contributed by atoms with Crippen molar-refractivity contribution in [1.29, 1.82) is 0 Å². The minimum atomic E-state index is 0.621. The van der Waals surface area contributed by atoms with Crippen molar-refractivity contribution in [3.05, 3.63) is 0 Å². The molecule has 1 saturated heterocycles. The van der Waals surface area contributed by atoms with Crippen molar-refractivity contribution in [2.24, 2.45) is 11.3 Å². The number of likely N-dealkylation sites (tertiary alicyclic amines) is 1. The fourth-order valence-electron chi connectivity index (χ4n) is 3.41. The first-order valence-electron chi connectivity index (χ1n) is 7.49. The molecule has 0 aromatic rings. The van der Waals surface area contributed by atoms with Gasteiger partial charge in [0.1, 0.15) is 0 Å². The van der Waals surface area contributed by atoms with Crippen LogP contribution in [0.5, 0.6) is 0 Å². The Labute approximate surface area is 107 Å². The standard InChI is InChI=1S/C15H30N2/c1-15(2)8-4-13(5-9-15)12-17-10-6-14(16-3)7-11-17/h13-14,16H,4-12H2,1-3H3. The normalized spacial score (nSPS) is 28.4. The number of nitrogens with zero attached hydrogens (tertiary/aromatic N) is 1. The van der Waals surface area contributed by atoms with E-state index in [1.165, 1.54) is 58.2 Å². The first-order valence-corrected chi connectivity index (χ1v) is 7.49. The Balaban J connectivity index is 1.69. The first kappa shape index (κ1) is 13.4. The summed E-state index contributed by atoms with van der Waals surface area (Å²) in [6.07, 6.45) is 8.47. The molecule has 2 fully saturated rings. The molecule has 2 rings (SSSR count).